The van der Waals surface area contributed by atoms with Gasteiger partial charge in [-0.15, -0.1) is 11.3 Å². The van der Waals surface area contributed by atoms with Crippen LogP contribution in [0.4, 0.5) is 0 Å². The van der Waals surface area contributed by atoms with Crippen LogP contribution in [0.15, 0.2) is 32.9 Å². The number of hydrogen-bond donors (Lipinski definition) is 1. The van der Waals surface area contributed by atoms with E-state index in [1.165, 1.54) is 10.4 Å². The maximum atomic E-state index is 12.8. The number of rotatable bonds is 5. The second kappa shape index (κ2) is 7.41. The zero-order valence-corrected chi connectivity index (χ0v) is 17.7. The Balaban J connectivity index is 1.85. The zero-order chi connectivity index (χ0) is 19.8. The molecule has 1 fully saturated rings. The number of nitrogens with zero attached hydrogens (tertiary/aromatic N) is 1. The summed E-state index contributed by atoms with van der Waals surface area (Å²) in [5, 5.41) is 4.98. The van der Waals surface area contributed by atoms with Gasteiger partial charge in [0.05, 0.1) is 6.04 Å². The number of furan rings is 1. The van der Waals surface area contributed by atoms with Gasteiger partial charge in [-0.3, -0.25) is 4.79 Å². The summed E-state index contributed by atoms with van der Waals surface area (Å²) in [6.45, 7) is 8.76. The Bertz CT molecular complexity index is 902. The summed E-state index contributed by atoms with van der Waals surface area (Å²) in [5.74, 6) is -0.138. The summed E-state index contributed by atoms with van der Waals surface area (Å²) >= 11 is 1.58. The molecule has 1 atom stereocenters. The molecule has 1 amide bonds. The molecule has 0 aliphatic carbocycles. The molecule has 8 heteroatoms. The highest BCUT2D eigenvalue weighted by atomic mass is 32.2. The predicted molar refractivity (Wildman–Crippen MR) is 105 cm³/mol. The van der Waals surface area contributed by atoms with E-state index in [2.05, 4.69) is 5.32 Å². The number of sulfonamides is 1. The largest absolute Gasteiger partial charge is 0.455 e. The summed E-state index contributed by atoms with van der Waals surface area (Å²) in [7, 11) is -3.62. The van der Waals surface area contributed by atoms with Crippen molar-refractivity contribution in [1.29, 1.82) is 0 Å². The number of carbonyl (C=O) groups is 1. The molecule has 1 saturated heterocycles. The van der Waals surface area contributed by atoms with E-state index in [-0.39, 0.29) is 27.9 Å². The van der Waals surface area contributed by atoms with E-state index in [9.17, 15) is 13.2 Å². The Kier molecular flexibility index (Phi) is 5.52. The standard InChI is InChI=1S/C19H26N2O4S2/c1-13-16(27(23,24)21-9-5-6-10-21)12-14(25-13)18(22)20-17(19(2,3)4)15-8-7-11-26-15/h7-8,11-12,17H,5-6,9-10H2,1-4H3,(H,20,22). The van der Waals surface area contributed by atoms with Crippen molar-refractivity contribution in [2.75, 3.05) is 13.1 Å². The van der Waals surface area contributed by atoms with Crippen LogP contribution in [0.5, 0.6) is 0 Å². The third-order valence-corrected chi connectivity index (χ3v) is 7.69. The van der Waals surface area contributed by atoms with Gasteiger partial charge in [0.15, 0.2) is 5.76 Å². The molecule has 3 rings (SSSR count). The molecule has 0 radical (unpaired) electrons. The first-order valence-corrected chi connectivity index (χ1v) is 11.4. The fraction of sp³-hybridized carbons (Fsp3) is 0.526. The number of amides is 1. The molecule has 2 aromatic heterocycles. The first-order valence-electron chi connectivity index (χ1n) is 9.05. The van der Waals surface area contributed by atoms with Crippen molar-refractivity contribution in [3.05, 3.63) is 40.0 Å². The van der Waals surface area contributed by atoms with Gasteiger partial charge in [0.25, 0.3) is 5.91 Å². The number of nitrogens with one attached hydrogen (secondary N) is 1. The average Bonchev–Trinajstić information content (AvgIpc) is 3.31. The summed E-state index contributed by atoms with van der Waals surface area (Å²) < 4.78 is 32.6. The Morgan fingerprint density at radius 1 is 1.30 bits per heavy atom. The minimum atomic E-state index is -3.62. The minimum absolute atomic E-state index is 0.0241. The topological polar surface area (TPSA) is 79.6 Å². The van der Waals surface area contributed by atoms with Crippen LogP contribution in [0.2, 0.25) is 0 Å². The summed E-state index contributed by atoms with van der Waals surface area (Å²) in [5.41, 5.74) is -0.202. The van der Waals surface area contributed by atoms with Gasteiger partial charge in [0.2, 0.25) is 10.0 Å². The van der Waals surface area contributed by atoms with Crippen LogP contribution in [0, 0.1) is 12.3 Å². The molecule has 2 aromatic rings. The number of hydrogen-bond acceptors (Lipinski definition) is 5. The molecule has 0 aromatic carbocycles. The Labute approximate surface area is 164 Å². The van der Waals surface area contributed by atoms with Gasteiger partial charge in [-0.05, 0) is 36.6 Å². The molecular formula is C19H26N2O4S2. The van der Waals surface area contributed by atoms with Crippen LogP contribution < -0.4 is 5.32 Å². The van der Waals surface area contributed by atoms with Crippen LogP contribution in [0.1, 0.15) is 60.8 Å². The molecule has 6 nitrogen and oxygen atoms in total. The van der Waals surface area contributed by atoms with Crippen LogP contribution in [0.25, 0.3) is 0 Å². The monoisotopic (exact) mass is 410 g/mol. The summed E-state index contributed by atoms with van der Waals surface area (Å²) in [4.78, 5) is 13.9. The Morgan fingerprint density at radius 3 is 2.52 bits per heavy atom. The quantitative estimate of drug-likeness (QED) is 0.809. The Hall–Kier alpha value is -1.64. The van der Waals surface area contributed by atoms with E-state index in [0.717, 1.165) is 17.7 Å². The molecular weight excluding hydrogens is 384 g/mol. The first-order chi connectivity index (χ1) is 12.6. The predicted octanol–water partition coefficient (Wildman–Crippen LogP) is 3.95. The first kappa shape index (κ1) is 20.1. The highest BCUT2D eigenvalue weighted by Gasteiger charge is 2.33. The second-order valence-corrected chi connectivity index (χ2v) is 10.8. The lowest BCUT2D eigenvalue weighted by Gasteiger charge is -2.30. The maximum Gasteiger partial charge on any atom is 0.287 e. The molecule has 1 N–H and O–H groups in total. The highest BCUT2D eigenvalue weighted by molar-refractivity contribution is 7.89. The number of aryl methyl sites for hydroxylation is 1. The highest BCUT2D eigenvalue weighted by Crippen LogP contribution is 2.35. The molecule has 27 heavy (non-hydrogen) atoms. The van der Waals surface area contributed by atoms with Gasteiger partial charge >= 0.3 is 0 Å². The average molecular weight is 411 g/mol. The van der Waals surface area contributed by atoms with Crippen molar-refractivity contribution < 1.29 is 17.6 Å². The second-order valence-electron chi connectivity index (χ2n) is 7.93. The van der Waals surface area contributed by atoms with Crippen molar-refractivity contribution in [1.82, 2.24) is 9.62 Å². The molecule has 3 heterocycles. The summed E-state index contributed by atoms with van der Waals surface area (Å²) in [6.07, 6.45) is 1.72. The van der Waals surface area contributed by atoms with Gasteiger partial charge in [-0.1, -0.05) is 26.8 Å². The molecule has 1 aliphatic rings. The number of thiophene rings is 1. The minimum Gasteiger partial charge on any atom is -0.455 e. The van der Waals surface area contributed by atoms with E-state index in [4.69, 9.17) is 4.42 Å². The van der Waals surface area contributed by atoms with Gasteiger partial charge in [0, 0.05) is 24.0 Å². The van der Waals surface area contributed by atoms with Crippen LogP contribution in [0.3, 0.4) is 0 Å². The smallest absolute Gasteiger partial charge is 0.287 e. The Morgan fingerprint density at radius 2 is 1.96 bits per heavy atom. The lowest BCUT2D eigenvalue weighted by atomic mass is 9.85. The van der Waals surface area contributed by atoms with E-state index in [1.807, 2.05) is 38.3 Å². The fourth-order valence-corrected chi connectivity index (χ4v) is 5.97. The SMILES string of the molecule is Cc1oc(C(=O)NC(c2cccs2)C(C)(C)C)cc1S(=O)(=O)N1CCCC1. The van der Waals surface area contributed by atoms with Crippen LogP contribution in [-0.4, -0.2) is 31.7 Å². The summed E-state index contributed by atoms with van der Waals surface area (Å²) in [6, 6.07) is 5.08. The number of carbonyl (C=O) groups excluding carboxylic acids is 1. The third-order valence-electron chi connectivity index (χ3n) is 4.75. The molecule has 148 valence electrons. The zero-order valence-electron chi connectivity index (χ0n) is 16.1. The van der Waals surface area contributed by atoms with Crippen molar-refractivity contribution in [3.63, 3.8) is 0 Å². The van der Waals surface area contributed by atoms with Crippen LogP contribution >= 0.6 is 11.3 Å². The molecule has 0 spiro atoms. The lowest BCUT2D eigenvalue weighted by molar-refractivity contribution is 0.0873. The fourth-order valence-electron chi connectivity index (χ4n) is 3.27. The molecule has 0 bridgehead atoms. The van der Waals surface area contributed by atoms with Crippen LogP contribution in [-0.2, 0) is 10.0 Å². The van der Waals surface area contributed by atoms with E-state index < -0.39 is 15.9 Å². The lowest BCUT2D eigenvalue weighted by Crippen LogP contribution is -2.36. The maximum absolute atomic E-state index is 12.8. The van der Waals surface area contributed by atoms with Gasteiger partial charge in [0.1, 0.15) is 10.7 Å². The van der Waals surface area contributed by atoms with Gasteiger partial charge in [-0.2, -0.15) is 4.31 Å². The molecule has 1 unspecified atom stereocenters. The molecule has 1 aliphatic heterocycles. The van der Waals surface area contributed by atoms with E-state index >= 15 is 0 Å². The van der Waals surface area contributed by atoms with Crippen molar-refractivity contribution in [2.45, 2.75) is 51.5 Å². The van der Waals surface area contributed by atoms with Crippen molar-refractivity contribution in [3.8, 4) is 0 Å². The van der Waals surface area contributed by atoms with Gasteiger partial charge < -0.3 is 9.73 Å². The van der Waals surface area contributed by atoms with E-state index in [0.29, 0.717) is 13.1 Å². The normalized spacial score (nSPS) is 17.2. The third kappa shape index (κ3) is 4.12. The van der Waals surface area contributed by atoms with Crippen molar-refractivity contribution >= 4 is 27.3 Å². The van der Waals surface area contributed by atoms with Gasteiger partial charge in [-0.25, -0.2) is 8.42 Å². The van der Waals surface area contributed by atoms with E-state index in [1.54, 1.807) is 18.3 Å². The van der Waals surface area contributed by atoms with Crippen molar-refractivity contribution in [2.24, 2.45) is 5.41 Å². The molecule has 0 saturated carbocycles.